The molecular weight excluding hydrogens is 266 g/mol. The second-order valence-electron chi connectivity index (χ2n) is 5.30. The molecule has 2 aromatic rings. The van der Waals surface area contributed by atoms with Gasteiger partial charge in [-0.2, -0.15) is 0 Å². The molecule has 0 aliphatic carbocycles. The monoisotopic (exact) mass is 285 g/mol. The lowest BCUT2D eigenvalue weighted by atomic mass is 10.0. The average Bonchev–Trinajstić information content (AvgIpc) is 2.95. The van der Waals surface area contributed by atoms with Crippen molar-refractivity contribution in [2.45, 2.75) is 13.0 Å². The zero-order chi connectivity index (χ0) is 14.7. The molecule has 21 heavy (non-hydrogen) atoms. The van der Waals surface area contributed by atoms with E-state index in [0.717, 1.165) is 44.2 Å². The summed E-state index contributed by atoms with van der Waals surface area (Å²) < 4.78 is 5.77. The van der Waals surface area contributed by atoms with Crippen molar-refractivity contribution < 1.29 is 9.21 Å². The minimum atomic E-state index is 0.00806. The normalized spacial score (nSPS) is 17.7. The van der Waals surface area contributed by atoms with Crippen LogP contribution in [-0.4, -0.2) is 47.4 Å². The highest BCUT2D eigenvalue weighted by Gasteiger charge is 2.29. The Morgan fingerprint density at radius 3 is 2.48 bits per heavy atom. The number of rotatable bonds is 4. The topological polar surface area (TPSA) is 49.6 Å². The molecule has 3 rings (SSSR count). The van der Waals surface area contributed by atoms with Gasteiger partial charge in [-0.25, -0.2) is 4.98 Å². The van der Waals surface area contributed by atoms with Crippen LogP contribution in [0.4, 0.5) is 0 Å². The lowest BCUT2D eigenvalue weighted by molar-refractivity contribution is -0.120. The van der Waals surface area contributed by atoms with Crippen molar-refractivity contribution in [2.75, 3.05) is 26.2 Å². The predicted molar refractivity (Wildman–Crippen MR) is 78.7 cm³/mol. The van der Waals surface area contributed by atoms with Crippen molar-refractivity contribution in [1.82, 2.24) is 14.8 Å². The third-order valence-corrected chi connectivity index (χ3v) is 3.85. The zero-order valence-corrected chi connectivity index (χ0v) is 12.1. The Morgan fingerprint density at radius 2 is 1.90 bits per heavy atom. The van der Waals surface area contributed by atoms with Crippen molar-refractivity contribution in [2.24, 2.45) is 0 Å². The molecule has 1 fully saturated rings. The molecule has 1 aromatic carbocycles. The minimum absolute atomic E-state index is 0.00806. The highest BCUT2D eigenvalue weighted by atomic mass is 16.4. The molecule has 1 aromatic heterocycles. The first-order chi connectivity index (χ1) is 10.3. The minimum Gasteiger partial charge on any atom is -0.444 e. The fourth-order valence-electron chi connectivity index (χ4n) is 2.74. The Morgan fingerprint density at radius 1 is 1.19 bits per heavy atom. The van der Waals surface area contributed by atoms with Gasteiger partial charge in [-0.15, -0.1) is 0 Å². The molecule has 0 bridgehead atoms. The van der Waals surface area contributed by atoms with E-state index in [-0.39, 0.29) is 6.04 Å². The van der Waals surface area contributed by atoms with E-state index in [0.29, 0.717) is 0 Å². The van der Waals surface area contributed by atoms with Gasteiger partial charge in [0, 0.05) is 26.2 Å². The standard InChI is InChI=1S/C16H19N3O2/c1-13-11-17-16(21-13)15(14-5-3-2-4-6-14)19-9-7-18(12-20)8-10-19/h2-6,11-12,15H,7-10H2,1H3. The van der Waals surface area contributed by atoms with E-state index in [1.165, 1.54) is 5.56 Å². The molecule has 110 valence electrons. The molecule has 0 N–H and O–H groups in total. The third kappa shape index (κ3) is 2.97. The van der Waals surface area contributed by atoms with Gasteiger partial charge in [0.15, 0.2) is 0 Å². The van der Waals surface area contributed by atoms with Gasteiger partial charge in [0.05, 0.1) is 6.20 Å². The van der Waals surface area contributed by atoms with Crippen LogP contribution in [0.15, 0.2) is 40.9 Å². The zero-order valence-electron chi connectivity index (χ0n) is 12.1. The fraction of sp³-hybridized carbons (Fsp3) is 0.375. The Labute approximate surface area is 124 Å². The van der Waals surface area contributed by atoms with E-state index < -0.39 is 0 Å². The van der Waals surface area contributed by atoms with Crippen molar-refractivity contribution in [3.63, 3.8) is 0 Å². The number of aryl methyl sites for hydroxylation is 1. The smallest absolute Gasteiger partial charge is 0.216 e. The molecule has 5 nitrogen and oxygen atoms in total. The number of hydrogen-bond acceptors (Lipinski definition) is 4. The summed E-state index contributed by atoms with van der Waals surface area (Å²) in [5.41, 5.74) is 1.17. The number of piperazine rings is 1. The van der Waals surface area contributed by atoms with Crippen LogP contribution in [-0.2, 0) is 4.79 Å². The third-order valence-electron chi connectivity index (χ3n) is 3.85. The number of aromatic nitrogens is 1. The van der Waals surface area contributed by atoms with E-state index in [2.05, 4.69) is 22.0 Å². The lowest BCUT2D eigenvalue weighted by Gasteiger charge is -2.36. The average molecular weight is 285 g/mol. The summed E-state index contributed by atoms with van der Waals surface area (Å²) >= 11 is 0. The van der Waals surface area contributed by atoms with Crippen molar-refractivity contribution in [3.8, 4) is 0 Å². The van der Waals surface area contributed by atoms with Gasteiger partial charge in [0.25, 0.3) is 0 Å². The van der Waals surface area contributed by atoms with Gasteiger partial charge in [-0.05, 0) is 12.5 Å². The van der Waals surface area contributed by atoms with E-state index in [1.54, 1.807) is 11.1 Å². The molecule has 1 aliphatic heterocycles. The number of oxazole rings is 1. The molecule has 5 heteroatoms. The van der Waals surface area contributed by atoms with E-state index >= 15 is 0 Å². The highest BCUT2D eigenvalue weighted by Crippen LogP contribution is 2.28. The molecule has 1 saturated heterocycles. The first-order valence-corrected chi connectivity index (χ1v) is 7.18. The molecule has 0 saturated carbocycles. The van der Waals surface area contributed by atoms with Gasteiger partial charge in [-0.3, -0.25) is 9.69 Å². The molecule has 1 unspecified atom stereocenters. The Bertz CT molecular complexity index is 589. The van der Waals surface area contributed by atoms with E-state index in [1.807, 2.05) is 25.1 Å². The van der Waals surface area contributed by atoms with Crippen LogP contribution >= 0.6 is 0 Å². The number of carbonyl (C=O) groups excluding carboxylic acids is 1. The van der Waals surface area contributed by atoms with Gasteiger partial charge in [0.1, 0.15) is 11.8 Å². The second kappa shape index (κ2) is 6.10. The molecule has 0 spiro atoms. The largest absolute Gasteiger partial charge is 0.444 e. The van der Waals surface area contributed by atoms with Crippen molar-refractivity contribution in [3.05, 3.63) is 53.7 Å². The molecule has 0 radical (unpaired) electrons. The second-order valence-corrected chi connectivity index (χ2v) is 5.30. The quantitative estimate of drug-likeness (QED) is 0.804. The Hall–Kier alpha value is -2.14. The van der Waals surface area contributed by atoms with Crippen LogP contribution in [0.5, 0.6) is 0 Å². The maximum atomic E-state index is 10.9. The lowest BCUT2D eigenvalue weighted by Crippen LogP contribution is -2.47. The SMILES string of the molecule is Cc1cnc(C(c2ccccc2)N2CCN(C=O)CC2)o1. The van der Waals surface area contributed by atoms with E-state index in [4.69, 9.17) is 4.42 Å². The summed E-state index contributed by atoms with van der Waals surface area (Å²) in [5, 5.41) is 0. The van der Waals surface area contributed by atoms with Crippen molar-refractivity contribution in [1.29, 1.82) is 0 Å². The Kier molecular flexibility index (Phi) is 4.01. The van der Waals surface area contributed by atoms with E-state index in [9.17, 15) is 4.79 Å². The maximum absolute atomic E-state index is 10.9. The number of amides is 1. The summed E-state index contributed by atoms with van der Waals surface area (Å²) in [4.78, 5) is 19.4. The van der Waals surface area contributed by atoms with Gasteiger partial charge >= 0.3 is 0 Å². The number of hydrogen-bond donors (Lipinski definition) is 0. The van der Waals surface area contributed by atoms with Crippen LogP contribution in [0.3, 0.4) is 0 Å². The molecule has 1 amide bonds. The first-order valence-electron chi connectivity index (χ1n) is 7.18. The molecular formula is C16H19N3O2. The van der Waals surface area contributed by atoms with Gasteiger partial charge < -0.3 is 9.32 Å². The molecule has 1 atom stereocenters. The summed E-state index contributed by atoms with van der Waals surface area (Å²) in [6.45, 7) is 5.03. The summed E-state index contributed by atoms with van der Waals surface area (Å²) in [5.74, 6) is 1.54. The van der Waals surface area contributed by atoms with Crippen LogP contribution < -0.4 is 0 Å². The molecule has 2 heterocycles. The van der Waals surface area contributed by atoms with Crippen LogP contribution in [0.25, 0.3) is 0 Å². The first kappa shape index (κ1) is 13.8. The van der Waals surface area contributed by atoms with Crippen molar-refractivity contribution >= 4 is 6.41 Å². The molecule has 1 aliphatic rings. The number of carbonyl (C=O) groups is 1. The van der Waals surface area contributed by atoms with Crippen LogP contribution in [0, 0.1) is 6.92 Å². The van der Waals surface area contributed by atoms with Gasteiger partial charge in [-0.1, -0.05) is 30.3 Å². The summed E-state index contributed by atoms with van der Waals surface area (Å²) in [6, 6.07) is 10.3. The summed E-state index contributed by atoms with van der Waals surface area (Å²) in [7, 11) is 0. The predicted octanol–water partition coefficient (Wildman–Crippen LogP) is 1.85. The van der Waals surface area contributed by atoms with Crippen LogP contribution in [0.1, 0.15) is 23.3 Å². The maximum Gasteiger partial charge on any atom is 0.216 e. The fourth-order valence-corrected chi connectivity index (χ4v) is 2.74. The highest BCUT2D eigenvalue weighted by molar-refractivity contribution is 5.47. The number of benzene rings is 1. The van der Waals surface area contributed by atoms with Gasteiger partial charge in [0.2, 0.25) is 12.3 Å². The number of nitrogens with zero attached hydrogens (tertiary/aromatic N) is 3. The van der Waals surface area contributed by atoms with Crippen LogP contribution in [0.2, 0.25) is 0 Å². The summed E-state index contributed by atoms with van der Waals surface area (Å²) in [6.07, 6.45) is 2.68. The Balaban J connectivity index is 1.88.